The monoisotopic (exact) mass is 113 g/mol. The third-order valence-electron chi connectivity index (χ3n) is 1.21. The summed E-state index contributed by atoms with van der Waals surface area (Å²) in [6.45, 7) is 0. The van der Waals surface area contributed by atoms with Crippen LogP contribution in [0.25, 0.3) is 0 Å². The maximum atomic E-state index is 5.00. The average molecular weight is 113 g/mol. The molecule has 1 rings (SSSR count). The van der Waals surface area contributed by atoms with E-state index in [1.165, 1.54) is 19.3 Å². The number of hydrogen-bond donors (Lipinski definition) is 0. The molecular weight excluding hydrogens is 104 g/mol. The van der Waals surface area contributed by atoms with Crippen molar-refractivity contribution in [3.8, 4) is 0 Å². The molecule has 1 heteroatoms. The van der Waals surface area contributed by atoms with Crippen molar-refractivity contribution in [1.29, 1.82) is 0 Å². The highest BCUT2D eigenvalue weighted by Gasteiger charge is 2.00. The Bertz CT molecular complexity index is 76.2. The lowest BCUT2D eigenvalue weighted by molar-refractivity contribution is 0.744. The molecule has 0 aliphatic heterocycles. The molecular formula is C6H9S. The maximum absolute atomic E-state index is 5.00. The molecule has 7 heavy (non-hydrogen) atoms. The van der Waals surface area contributed by atoms with Gasteiger partial charge in [-0.05, 0) is 19.3 Å². The van der Waals surface area contributed by atoms with Crippen LogP contribution < -0.4 is 0 Å². The lowest BCUT2D eigenvalue weighted by Crippen LogP contribution is -1.96. The molecule has 0 N–H and O–H groups in total. The fourth-order valence-corrected chi connectivity index (χ4v) is 1.06. The molecule has 1 atom stereocenters. The van der Waals surface area contributed by atoms with E-state index in [9.17, 15) is 0 Å². The fraction of sp³-hybridized carbons (Fsp3) is 0.667. The predicted molar refractivity (Wildman–Crippen MR) is 34.4 cm³/mol. The topological polar surface area (TPSA) is 0 Å². The molecule has 0 saturated carbocycles. The van der Waals surface area contributed by atoms with E-state index in [1.807, 2.05) is 0 Å². The lowest BCUT2D eigenvalue weighted by Gasteiger charge is -2.06. The van der Waals surface area contributed by atoms with Crippen molar-refractivity contribution >= 4 is 12.6 Å². The first-order valence-electron chi connectivity index (χ1n) is 2.72. The van der Waals surface area contributed by atoms with Crippen LogP contribution in [0.1, 0.15) is 19.3 Å². The molecule has 0 spiro atoms. The van der Waals surface area contributed by atoms with Crippen molar-refractivity contribution in [1.82, 2.24) is 0 Å². The second-order valence-corrected chi connectivity index (χ2v) is 2.50. The standard InChI is InChI=1S/C6H9S/c7-6-4-2-1-3-5-6/h2,4,6H,1,3,5H2. The first kappa shape index (κ1) is 5.23. The Kier molecular flexibility index (Phi) is 1.80. The van der Waals surface area contributed by atoms with E-state index >= 15 is 0 Å². The van der Waals surface area contributed by atoms with Crippen molar-refractivity contribution in [2.75, 3.05) is 0 Å². The zero-order chi connectivity index (χ0) is 5.11. The summed E-state index contributed by atoms with van der Waals surface area (Å²) in [6, 6.07) is 0. The number of rotatable bonds is 0. The molecule has 39 valence electrons. The quantitative estimate of drug-likeness (QED) is 0.423. The second kappa shape index (κ2) is 2.41. The van der Waals surface area contributed by atoms with Crippen LogP contribution in [0.15, 0.2) is 12.2 Å². The van der Waals surface area contributed by atoms with Crippen molar-refractivity contribution in [2.45, 2.75) is 24.5 Å². The second-order valence-electron chi connectivity index (χ2n) is 1.90. The smallest absolute Gasteiger partial charge is 0.0331 e. The summed E-state index contributed by atoms with van der Waals surface area (Å²) in [5.41, 5.74) is 0. The van der Waals surface area contributed by atoms with Gasteiger partial charge in [-0.15, -0.1) is 0 Å². The molecule has 0 heterocycles. The van der Waals surface area contributed by atoms with Gasteiger partial charge in [-0.25, -0.2) is 0 Å². The van der Waals surface area contributed by atoms with Gasteiger partial charge in [-0.3, -0.25) is 0 Å². The van der Waals surface area contributed by atoms with Crippen molar-refractivity contribution in [2.24, 2.45) is 0 Å². The van der Waals surface area contributed by atoms with E-state index in [0.29, 0.717) is 5.25 Å². The Morgan fingerprint density at radius 1 is 1.57 bits per heavy atom. The van der Waals surface area contributed by atoms with Crippen LogP contribution in [0.5, 0.6) is 0 Å². The summed E-state index contributed by atoms with van der Waals surface area (Å²) < 4.78 is 0. The SMILES string of the molecule is [S]C1C=CCCC1. The fourth-order valence-electron chi connectivity index (χ4n) is 0.781. The van der Waals surface area contributed by atoms with E-state index in [-0.39, 0.29) is 0 Å². The zero-order valence-corrected chi connectivity index (χ0v) is 5.08. The average Bonchev–Trinajstić information content (AvgIpc) is 1.69. The molecule has 0 fully saturated rings. The zero-order valence-electron chi connectivity index (χ0n) is 4.26. The highest BCUT2D eigenvalue weighted by Crippen LogP contribution is 2.14. The van der Waals surface area contributed by atoms with Crippen molar-refractivity contribution in [3.63, 3.8) is 0 Å². The van der Waals surface area contributed by atoms with Gasteiger partial charge in [0, 0.05) is 5.25 Å². The molecule has 1 unspecified atom stereocenters. The summed E-state index contributed by atoms with van der Waals surface area (Å²) in [4.78, 5) is 0. The van der Waals surface area contributed by atoms with Gasteiger partial charge in [-0.2, -0.15) is 0 Å². The van der Waals surface area contributed by atoms with Gasteiger partial charge in [0.15, 0.2) is 0 Å². The summed E-state index contributed by atoms with van der Waals surface area (Å²) in [5, 5.41) is 0.439. The Balaban J connectivity index is 2.36. The summed E-state index contributed by atoms with van der Waals surface area (Å²) >= 11 is 5.00. The first-order valence-corrected chi connectivity index (χ1v) is 3.19. The molecule has 0 aromatic heterocycles. The lowest BCUT2D eigenvalue weighted by atomic mass is 10.1. The molecule has 0 aromatic carbocycles. The number of hydrogen-bond acceptors (Lipinski definition) is 0. The van der Waals surface area contributed by atoms with Crippen molar-refractivity contribution < 1.29 is 0 Å². The summed E-state index contributed by atoms with van der Waals surface area (Å²) in [6.07, 6.45) is 8.06. The summed E-state index contributed by atoms with van der Waals surface area (Å²) in [7, 11) is 0. The van der Waals surface area contributed by atoms with Crippen LogP contribution in [-0.2, 0) is 0 Å². The molecule has 0 nitrogen and oxygen atoms in total. The third kappa shape index (κ3) is 1.56. The van der Waals surface area contributed by atoms with Crippen LogP contribution >= 0.6 is 12.6 Å². The van der Waals surface area contributed by atoms with Crippen LogP contribution in [0.3, 0.4) is 0 Å². The van der Waals surface area contributed by atoms with Crippen LogP contribution in [0, 0.1) is 0 Å². The molecule has 0 bridgehead atoms. The van der Waals surface area contributed by atoms with E-state index < -0.39 is 0 Å². The largest absolute Gasteiger partial charge is 0.0874 e. The molecule has 0 saturated heterocycles. The van der Waals surface area contributed by atoms with E-state index in [0.717, 1.165) is 0 Å². The van der Waals surface area contributed by atoms with Gasteiger partial charge in [0.2, 0.25) is 0 Å². The Morgan fingerprint density at radius 3 is 2.71 bits per heavy atom. The van der Waals surface area contributed by atoms with Gasteiger partial charge in [-0.1, -0.05) is 24.8 Å². The minimum Gasteiger partial charge on any atom is -0.0874 e. The normalized spacial score (nSPS) is 30.7. The Labute approximate surface area is 50.0 Å². The molecule has 1 aliphatic carbocycles. The van der Waals surface area contributed by atoms with Crippen molar-refractivity contribution in [3.05, 3.63) is 12.2 Å². The predicted octanol–water partition coefficient (Wildman–Crippen LogP) is 2.29. The van der Waals surface area contributed by atoms with Crippen LogP contribution in [0.4, 0.5) is 0 Å². The minimum absolute atomic E-state index is 0.439. The first-order chi connectivity index (χ1) is 3.39. The molecule has 0 aromatic rings. The third-order valence-corrected chi connectivity index (χ3v) is 1.60. The maximum Gasteiger partial charge on any atom is 0.0331 e. The highest BCUT2D eigenvalue weighted by atomic mass is 32.1. The van der Waals surface area contributed by atoms with Gasteiger partial charge in [0.25, 0.3) is 0 Å². The number of allylic oxidation sites excluding steroid dienone is 1. The Hall–Kier alpha value is 0.0900. The highest BCUT2D eigenvalue weighted by molar-refractivity contribution is 7.81. The molecule has 1 aliphatic rings. The van der Waals surface area contributed by atoms with Gasteiger partial charge < -0.3 is 0 Å². The molecule has 1 radical (unpaired) electrons. The van der Waals surface area contributed by atoms with E-state index in [1.54, 1.807) is 0 Å². The van der Waals surface area contributed by atoms with Gasteiger partial charge >= 0.3 is 0 Å². The molecule has 0 amide bonds. The van der Waals surface area contributed by atoms with Crippen LogP contribution in [-0.4, -0.2) is 5.25 Å². The van der Waals surface area contributed by atoms with Gasteiger partial charge in [0.1, 0.15) is 0 Å². The Morgan fingerprint density at radius 2 is 2.43 bits per heavy atom. The summed E-state index contributed by atoms with van der Waals surface area (Å²) in [5.74, 6) is 0. The van der Waals surface area contributed by atoms with Gasteiger partial charge in [0.05, 0.1) is 0 Å². The van der Waals surface area contributed by atoms with E-state index in [2.05, 4.69) is 12.2 Å². The minimum atomic E-state index is 0.439. The van der Waals surface area contributed by atoms with Crippen LogP contribution in [0.2, 0.25) is 0 Å². The van der Waals surface area contributed by atoms with E-state index in [4.69, 9.17) is 12.6 Å².